The molecule has 0 amide bonds. The van der Waals surface area contributed by atoms with E-state index in [1.54, 1.807) is 30.5 Å². The van der Waals surface area contributed by atoms with Gasteiger partial charge in [0.2, 0.25) is 0 Å². The van der Waals surface area contributed by atoms with E-state index in [9.17, 15) is 14.4 Å². The monoisotopic (exact) mass is 443 g/mol. The number of halogens is 2. The number of hydrogen-bond acceptors (Lipinski definition) is 5. The quantitative estimate of drug-likeness (QED) is 0.556. The van der Waals surface area contributed by atoms with Gasteiger partial charge in [-0.05, 0) is 30.2 Å². The topological polar surface area (TPSA) is 108 Å². The molecule has 0 saturated carbocycles. The predicted octanol–water partition coefficient (Wildman–Crippen LogP) is 3.92. The number of carbonyl (C=O) groups excluding carboxylic acids is 1. The minimum absolute atomic E-state index is 0.123. The van der Waals surface area contributed by atoms with Crippen LogP contribution in [0.15, 0.2) is 61.9 Å². The first kappa shape index (κ1) is 19.0. The lowest BCUT2D eigenvalue weighted by atomic mass is 9.73. The van der Waals surface area contributed by atoms with Crippen molar-refractivity contribution < 1.29 is 9.21 Å². The molecule has 0 saturated heterocycles. The average Bonchev–Trinajstić information content (AvgIpc) is 3.23. The first-order valence-electron chi connectivity index (χ1n) is 9.31. The number of ketones is 1. The van der Waals surface area contributed by atoms with Gasteiger partial charge in [0.1, 0.15) is 11.6 Å². The van der Waals surface area contributed by atoms with Crippen molar-refractivity contribution in [2.45, 2.75) is 24.7 Å². The number of H-pyrrole nitrogens is 2. The van der Waals surface area contributed by atoms with Crippen LogP contribution in [0.4, 0.5) is 5.82 Å². The molecule has 0 unspecified atom stereocenters. The second-order valence-corrected chi connectivity index (χ2v) is 8.12. The van der Waals surface area contributed by atoms with Gasteiger partial charge in [0, 0.05) is 29.5 Å². The van der Waals surface area contributed by atoms with Gasteiger partial charge in [-0.25, -0.2) is 4.79 Å². The fourth-order valence-electron chi connectivity index (χ4n) is 4.33. The Balaban J connectivity index is 1.74. The first-order chi connectivity index (χ1) is 14.4. The number of anilines is 1. The summed E-state index contributed by atoms with van der Waals surface area (Å²) in [6.07, 6.45) is 2.29. The molecule has 9 heteroatoms. The maximum atomic E-state index is 13.3. The van der Waals surface area contributed by atoms with Crippen molar-refractivity contribution >= 4 is 34.8 Å². The van der Waals surface area contributed by atoms with Crippen LogP contribution in [-0.2, 0) is 4.79 Å². The van der Waals surface area contributed by atoms with Gasteiger partial charge in [0.25, 0.3) is 5.56 Å². The summed E-state index contributed by atoms with van der Waals surface area (Å²) in [6.45, 7) is 0. The van der Waals surface area contributed by atoms with E-state index in [1.807, 2.05) is 6.07 Å². The van der Waals surface area contributed by atoms with Gasteiger partial charge in [0.05, 0.1) is 21.9 Å². The highest BCUT2D eigenvalue weighted by Crippen LogP contribution is 2.48. The molecule has 7 nitrogen and oxygen atoms in total. The number of Topliss-reactive ketones (excluding diaryl/α,β-unsaturated/α-hetero) is 1. The Bertz CT molecular complexity index is 1320. The van der Waals surface area contributed by atoms with E-state index in [2.05, 4.69) is 15.3 Å². The van der Waals surface area contributed by atoms with E-state index in [-0.39, 0.29) is 34.5 Å². The number of benzene rings is 1. The van der Waals surface area contributed by atoms with Crippen molar-refractivity contribution in [3.05, 3.63) is 95.6 Å². The van der Waals surface area contributed by atoms with Crippen molar-refractivity contribution in [2.24, 2.45) is 0 Å². The predicted molar refractivity (Wildman–Crippen MR) is 112 cm³/mol. The van der Waals surface area contributed by atoms with Gasteiger partial charge in [0.15, 0.2) is 5.78 Å². The van der Waals surface area contributed by atoms with Gasteiger partial charge in [-0.1, -0.05) is 35.3 Å². The van der Waals surface area contributed by atoms with Crippen LogP contribution in [0.25, 0.3) is 0 Å². The smallest absolute Gasteiger partial charge is 0.327 e. The molecule has 2 aliphatic rings. The minimum Gasteiger partial charge on any atom is -0.469 e. The summed E-state index contributed by atoms with van der Waals surface area (Å²) in [5.74, 6) is -0.0734. The molecule has 1 aromatic carbocycles. The van der Waals surface area contributed by atoms with E-state index < -0.39 is 17.2 Å². The van der Waals surface area contributed by atoms with Gasteiger partial charge < -0.3 is 9.73 Å². The van der Waals surface area contributed by atoms with Crippen LogP contribution in [0, 0.1) is 0 Å². The second kappa shape index (κ2) is 7.04. The molecule has 0 spiro atoms. The van der Waals surface area contributed by atoms with E-state index >= 15 is 0 Å². The summed E-state index contributed by atoms with van der Waals surface area (Å²) in [5, 5.41) is 3.68. The van der Waals surface area contributed by atoms with Crippen molar-refractivity contribution in [3.8, 4) is 0 Å². The minimum atomic E-state index is -0.756. The van der Waals surface area contributed by atoms with Crippen LogP contribution >= 0.6 is 23.2 Å². The molecule has 3 heterocycles. The maximum Gasteiger partial charge on any atom is 0.327 e. The number of allylic oxidation sites excluding steroid dienone is 2. The molecule has 30 heavy (non-hydrogen) atoms. The number of rotatable bonds is 2. The normalized spacial score (nSPS) is 20.5. The third-order valence-electron chi connectivity index (χ3n) is 5.58. The third-order valence-corrected chi connectivity index (χ3v) is 6.41. The molecule has 1 aliphatic heterocycles. The van der Waals surface area contributed by atoms with Crippen LogP contribution in [0.5, 0.6) is 0 Å². The third kappa shape index (κ3) is 2.93. The molecule has 1 aliphatic carbocycles. The standard InChI is InChI=1S/C21H15Cl2N3O4/c22-11-4-1-3-10(18(11)23)15-16-12(24-19-17(15)20(28)26-21(29)25-19)7-9(8-13(16)27)14-5-2-6-30-14/h1-6,9,15H,7-8H2,(H3,24,25,26,28,29)/t9-,15-/m1/s1. The Labute approximate surface area is 179 Å². The van der Waals surface area contributed by atoms with Gasteiger partial charge in [-0.2, -0.15) is 0 Å². The van der Waals surface area contributed by atoms with Gasteiger partial charge in [-0.15, -0.1) is 0 Å². The maximum absolute atomic E-state index is 13.3. The first-order valence-corrected chi connectivity index (χ1v) is 10.1. The molecule has 0 fully saturated rings. The fraction of sp³-hybridized carbons (Fsp3) is 0.190. The average molecular weight is 444 g/mol. The van der Waals surface area contributed by atoms with Crippen molar-refractivity contribution in [3.63, 3.8) is 0 Å². The van der Waals surface area contributed by atoms with Crippen molar-refractivity contribution in [1.82, 2.24) is 9.97 Å². The summed E-state index contributed by atoms with van der Waals surface area (Å²) >= 11 is 12.7. The highest BCUT2D eigenvalue weighted by atomic mass is 35.5. The lowest BCUT2D eigenvalue weighted by Crippen LogP contribution is -2.37. The number of aromatic amines is 2. The molecular formula is C21H15Cl2N3O4. The Morgan fingerprint density at radius 2 is 1.83 bits per heavy atom. The molecule has 0 radical (unpaired) electrons. The number of hydrogen-bond donors (Lipinski definition) is 3. The van der Waals surface area contributed by atoms with Crippen LogP contribution < -0.4 is 16.6 Å². The summed E-state index contributed by atoms with van der Waals surface area (Å²) in [4.78, 5) is 42.8. The summed E-state index contributed by atoms with van der Waals surface area (Å²) in [7, 11) is 0. The van der Waals surface area contributed by atoms with Crippen molar-refractivity contribution in [1.29, 1.82) is 0 Å². The fourth-order valence-corrected chi connectivity index (χ4v) is 4.75. The summed E-state index contributed by atoms with van der Waals surface area (Å²) in [5.41, 5.74) is 0.601. The molecule has 2 aromatic heterocycles. The summed E-state index contributed by atoms with van der Waals surface area (Å²) in [6, 6.07) is 8.69. The Morgan fingerprint density at radius 1 is 1.00 bits per heavy atom. The second-order valence-electron chi connectivity index (χ2n) is 7.33. The molecule has 0 bridgehead atoms. The highest BCUT2D eigenvalue weighted by Gasteiger charge is 2.41. The largest absolute Gasteiger partial charge is 0.469 e. The zero-order valence-corrected chi connectivity index (χ0v) is 16.9. The van der Waals surface area contributed by atoms with E-state index in [0.29, 0.717) is 34.0 Å². The lowest BCUT2D eigenvalue weighted by Gasteiger charge is -2.35. The van der Waals surface area contributed by atoms with Crippen LogP contribution in [0.3, 0.4) is 0 Å². The van der Waals surface area contributed by atoms with Crippen LogP contribution in [-0.4, -0.2) is 15.8 Å². The van der Waals surface area contributed by atoms with Crippen LogP contribution in [0.2, 0.25) is 10.0 Å². The number of nitrogens with one attached hydrogen (secondary N) is 3. The molecule has 3 N–H and O–H groups in total. The SMILES string of the molecule is O=C1C[C@H](c2ccco2)CC2=C1[C@@H](c1cccc(Cl)c1Cl)c1c([nH]c(=O)[nH]c1=O)N2. The number of fused-ring (bicyclic) bond motifs is 1. The lowest BCUT2D eigenvalue weighted by molar-refractivity contribution is -0.116. The number of furan rings is 1. The number of aromatic nitrogens is 2. The van der Waals surface area contributed by atoms with Crippen LogP contribution in [0.1, 0.15) is 41.6 Å². The molecule has 5 rings (SSSR count). The zero-order chi connectivity index (χ0) is 21.0. The van der Waals surface area contributed by atoms with E-state index in [4.69, 9.17) is 27.6 Å². The van der Waals surface area contributed by atoms with Gasteiger partial charge in [-0.3, -0.25) is 19.6 Å². The Morgan fingerprint density at radius 3 is 2.60 bits per heavy atom. The molecular weight excluding hydrogens is 429 g/mol. The van der Waals surface area contributed by atoms with Gasteiger partial charge >= 0.3 is 5.69 Å². The Hall–Kier alpha value is -3.03. The Kier molecular flexibility index (Phi) is 4.45. The van der Waals surface area contributed by atoms with Crippen molar-refractivity contribution in [2.75, 3.05) is 5.32 Å². The number of carbonyl (C=O) groups is 1. The van der Waals surface area contributed by atoms with E-state index in [1.165, 1.54) is 0 Å². The molecule has 152 valence electrons. The summed E-state index contributed by atoms with van der Waals surface area (Å²) < 4.78 is 5.50. The molecule has 2 atom stereocenters. The zero-order valence-electron chi connectivity index (χ0n) is 15.4. The van der Waals surface area contributed by atoms with E-state index in [0.717, 1.165) is 0 Å². The highest BCUT2D eigenvalue weighted by molar-refractivity contribution is 6.42. The molecule has 3 aromatic rings.